The molecule has 1 heterocycles. The topological polar surface area (TPSA) is 103 Å². The van der Waals surface area contributed by atoms with E-state index < -0.39 is 5.97 Å². The number of aromatic nitrogens is 2. The summed E-state index contributed by atoms with van der Waals surface area (Å²) in [5, 5.41) is 14.5. The minimum Gasteiger partial charge on any atom is -0.493 e. The number of hydrogen-bond donors (Lipinski definition) is 1. The summed E-state index contributed by atoms with van der Waals surface area (Å²) in [4.78, 5) is 29.5. The first-order valence-corrected chi connectivity index (χ1v) is 14.1. The van der Waals surface area contributed by atoms with Crippen LogP contribution in [0.5, 0.6) is 11.5 Å². The first kappa shape index (κ1) is 27.9. The van der Waals surface area contributed by atoms with Crippen molar-refractivity contribution >= 4 is 50.6 Å². The summed E-state index contributed by atoms with van der Waals surface area (Å²) < 4.78 is 13.5. The Bertz CT molecular complexity index is 1650. The predicted molar refractivity (Wildman–Crippen MR) is 158 cm³/mol. The molecule has 0 spiro atoms. The van der Waals surface area contributed by atoms with E-state index in [1.165, 1.54) is 30.3 Å². The van der Waals surface area contributed by atoms with E-state index >= 15 is 0 Å². The molecule has 8 nitrogen and oxygen atoms in total. The van der Waals surface area contributed by atoms with Gasteiger partial charge in [-0.2, -0.15) is 9.78 Å². The van der Waals surface area contributed by atoms with Crippen LogP contribution in [0.15, 0.2) is 69.0 Å². The molecule has 1 saturated carbocycles. The lowest BCUT2D eigenvalue weighted by atomic mass is 9.88. The number of benzene rings is 3. The van der Waals surface area contributed by atoms with Crippen molar-refractivity contribution < 1.29 is 19.4 Å². The second kappa shape index (κ2) is 12.2. The zero-order valence-corrected chi connectivity index (χ0v) is 24.1. The van der Waals surface area contributed by atoms with Crippen molar-refractivity contribution in [3.05, 3.63) is 97.0 Å². The van der Waals surface area contributed by atoms with Crippen molar-refractivity contribution in [2.75, 3.05) is 7.11 Å². The van der Waals surface area contributed by atoms with Gasteiger partial charge in [-0.3, -0.25) is 4.79 Å². The molecule has 1 fully saturated rings. The molecule has 0 aliphatic heterocycles. The summed E-state index contributed by atoms with van der Waals surface area (Å²) in [6, 6.07) is 15.4. The van der Waals surface area contributed by atoms with Crippen LogP contribution >= 0.6 is 27.5 Å². The lowest BCUT2D eigenvalue weighted by Crippen LogP contribution is -2.25. The summed E-state index contributed by atoms with van der Waals surface area (Å²) in [5.41, 5.74) is 2.01. The molecule has 0 saturated heterocycles. The van der Waals surface area contributed by atoms with Gasteiger partial charge in [-0.05, 0) is 64.7 Å². The Kier molecular flexibility index (Phi) is 8.52. The van der Waals surface area contributed by atoms with Crippen molar-refractivity contribution in [1.29, 1.82) is 0 Å². The fourth-order valence-electron chi connectivity index (χ4n) is 4.88. The molecule has 4 aromatic rings. The third-order valence-electron chi connectivity index (χ3n) is 7.02. The van der Waals surface area contributed by atoms with Crippen molar-refractivity contribution in [3.8, 4) is 11.5 Å². The maximum Gasteiger partial charge on any atom is 0.335 e. The van der Waals surface area contributed by atoms with Crippen LogP contribution in [0.3, 0.4) is 0 Å². The molecule has 5 rings (SSSR count). The molecule has 1 aliphatic rings. The van der Waals surface area contributed by atoms with Gasteiger partial charge in [0.2, 0.25) is 0 Å². The minimum absolute atomic E-state index is 0.152. The summed E-state index contributed by atoms with van der Waals surface area (Å²) >= 11 is 10.2. The number of nitrogens with zero attached hydrogens (tertiary/aromatic N) is 3. The molecule has 1 aromatic heterocycles. The highest BCUT2D eigenvalue weighted by Gasteiger charge is 2.23. The summed E-state index contributed by atoms with van der Waals surface area (Å²) in [6.45, 7) is 0.152. The number of fused-ring (bicyclic) bond motifs is 1. The smallest absolute Gasteiger partial charge is 0.335 e. The highest BCUT2D eigenvalue weighted by atomic mass is 79.9. The molecule has 10 heteroatoms. The average Bonchev–Trinajstić information content (AvgIpc) is 2.98. The van der Waals surface area contributed by atoms with E-state index in [0.29, 0.717) is 38.3 Å². The number of carboxylic acids is 1. The molecule has 3 aromatic carbocycles. The van der Waals surface area contributed by atoms with E-state index in [4.69, 9.17) is 31.2 Å². The molecule has 40 heavy (non-hydrogen) atoms. The second-order valence-electron chi connectivity index (χ2n) is 9.60. The zero-order valence-electron chi connectivity index (χ0n) is 21.8. The van der Waals surface area contributed by atoms with E-state index in [1.54, 1.807) is 30.5 Å². The summed E-state index contributed by atoms with van der Waals surface area (Å²) in [5.74, 6) is 0.537. The maximum atomic E-state index is 13.5. The van der Waals surface area contributed by atoms with Gasteiger partial charge in [0.15, 0.2) is 11.5 Å². The fourth-order valence-corrected chi connectivity index (χ4v) is 5.53. The highest BCUT2D eigenvalue weighted by Crippen LogP contribution is 2.42. The van der Waals surface area contributed by atoms with Crippen molar-refractivity contribution in [2.45, 2.75) is 44.6 Å². The maximum absolute atomic E-state index is 13.5. The number of aromatic carboxylic acids is 1. The van der Waals surface area contributed by atoms with Crippen molar-refractivity contribution in [3.63, 3.8) is 0 Å². The Labute approximate surface area is 244 Å². The number of hydrogen-bond acceptors (Lipinski definition) is 6. The molecule has 206 valence electrons. The molecule has 0 amide bonds. The lowest BCUT2D eigenvalue weighted by Gasteiger charge is -2.22. The van der Waals surface area contributed by atoms with Crippen LogP contribution in [0.25, 0.3) is 10.9 Å². The van der Waals surface area contributed by atoms with E-state index in [-0.39, 0.29) is 28.7 Å². The highest BCUT2D eigenvalue weighted by molar-refractivity contribution is 9.10. The Morgan fingerprint density at radius 2 is 1.90 bits per heavy atom. The zero-order chi connectivity index (χ0) is 28.2. The molecule has 0 radical (unpaired) electrons. The fraction of sp³-hybridized carbons (Fsp3) is 0.267. The largest absolute Gasteiger partial charge is 0.493 e. The molecule has 0 bridgehead atoms. The number of carbonyl (C=O) groups is 1. The van der Waals surface area contributed by atoms with E-state index in [1.807, 2.05) is 18.2 Å². The number of halogens is 2. The Balaban J connectivity index is 1.48. The Hall–Kier alpha value is -3.69. The van der Waals surface area contributed by atoms with Gasteiger partial charge in [-0.25, -0.2) is 9.78 Å². The molecule has 0 atom stereocenters. The Morgan fingerprint density at radius 1 is 1.18 bits per heavy atom. The number of rotatable bonds is 8. The minimum atomic E-state index is -0.994. The lowest BCUT2D eigenvalue weighted by molar-refractivity contribution is 0.0697. The van der Waals surface area contributed by atoms with Crippen LogP contribution in [0.2, 0.25) is 5.02 Å². The van der Waals surface area contributed by atoms with Gasteiger partial charge in [0.1, 0.15) is 17.5 Å². The molecule has 0 unspecified atom stereocenters. The van der Waals surface area contributed by atoms with Crippen LogP contribution in [0.4, 0.5) is 0 Å². The van der Waals surface area contributed by atoms with Gasteiger partial charge in [0.25, 0.3) is 5.56 Å². The van der Waals surface area contributed by atoms with Crippen molar-refractivity contribution in [1.82, 2.24) is 9.66 Å². The normalized spacial score (nSPS) is 14.1. The predicted octanol–water partition coefficient (Wildman–Crippen LogP) is 7.03. The van der Waals surface area contributed by atoms with Gasteiger partial charge in [-0.15, -0.1) is 0 Å². The number of carboxylic acid groups (broad SMARTS) is 1. The van der Waals surface area contributed by atoms with Gasteiger partial charge in [-0.1, -0.05) is 55.1 Å². The quantitative estimate of drug-likeness (QED) is 0.211. The van der Waals surface area contributed by atoms with E-state index in [9.17, 15) is 9.59 Å². The van der Waals surface area contributed by atoms with Crippen LogP contribution in [-0.2, 0) is 6.61 Å². The third-order valence-corrected chi connectivity index (χ3v) is 8.46. The summed E-state index contributed by atoms with van der Waals surface area (Å²) in [6.07, 6.45) is 6.88. The molecular formula is C30H27BrClN3O5. The average molecular weight is 625 g/mol. The SMILES string of the molecule is COc1cc(C=Nn2c(C3CCCCC3)nc3ccccc3c2=O)c(Br)c(Cl)c1OCc1ccc(C(=O)O)cc1. The second-order valence-corrected chi connectivity index (χ2v) is 10.8. The standard InChI is InChI=1S/C30H27BrClN3O5/c1-39-24-15-21(25(31)26(32)27(24)40-17-18-11-13-20(14-12-18)30(37)38)16-33-35-28(19-7-3-2-4-8-19)34-23-10-6-5-9-22(23)29(35)36/h5-6,9-16,19H,2-4,7-8,17H2,1H3,(H,37,38). The van der Waals surface area contributed by atoms with E-state index in [2.05, 4.69) is 21.0 Å². The van der Waals surface area contributed by atoms with Crippen LogP contribution in [-0.4, -0.2) is 34.1 Å². The first-order chi connectivity index (χ1) is 19.4. The number of para-hydroxylation sites is 1. The van der Waals surface area contributed by atoms with Crippen molar-refractivity contribution in [2.24, 2.45) is 5.10 Å². The molecular weight excluding hydrogens is 598 g/mol. The molecule has 1 N–H and O–H groups in total. The number of ether oxygens (including phenoxy) is 2. The Morgan fingerprint density at radius 3 is 2.60 bits per heavy atom. The third kappa shape index (κ3) is 5.76. The van der Waals surface area contributed by atoms with Crippen LogP contribution in [0, 0.1) is 0 Å². The number of methoxy groups -OCH3 is 1. The van der Waals surface area contributed by atoms with E-state index in [0.717, 1.165) is 31.2 Å². The van der Waals surface area contributed by atoms with Gasteiger partial charge in [0, 0.05) is 16.0 Å². The summed E-state index contributed by atoms with van der Waals surface area (Å²) in [7, 11) is 1.51. The first-order valence-electron chi connectivity index (χ1n) is 12.9. The van der Waals surface area contributed by atoms with Gasteiger partial charge in [0.05, 0.1) is 29.8 Å². The molecule has 1 aliphatic carbocycles. The van der Waals surface area contributed by atoms with Crippen LogP contribution < -0.4 is 15.0 Å². The monoisotopic (exact) mass is 623 g/mol. The van der Waals surface area contributed by atoms with Gasteiger partial charge >= 0.3 is 5.97 Å². The van der Waals surface area contributed by atoms with Gasteiger partial charge < -0.3 is 14.6 Å². The van der Waals surface area contributed by atoms with Crippen LogP contribution in [0.1, 0.15) is 65.3 Å².